The van der Waals surface area contributed by atoms with Gasteiger partial charge in [-0.25, -0.2) is 0 Å². The van der Waals surface area contributed by atoms with Crippen molar-refractivity contribution in [2.45, 2.75) is 50.3 Å². The molecule has 1 heterocycles. The molecule has 1 saturated heterocycles. The number of likely N-dealkylation sites (tertiary alicyclic amines) is 1. The largest absolute Gasteiger partial charge is 0.342 e. The van der Waals surface area contributed by atoms with E-state index in [0.29, 0.717) is 22.6 Å². The number of hydrogen-bond acceptors (Lipinski definition) is 1. The summed E-state index contributed by atoms with van der Waals surface area (Å²) in [7, 11) is 0. The minimum Gasteiger partial charge on any atom is -0.342 e. The molecule has 2 fully saturated rings. The normalized spacial score (nSPS) is 32.0. The second kappa shape index (κ2) is 5.52. The molecule has 2 atom stereocenters. The molecule has 1 amide bonds. The summed E-state index contributed by atoms with van der Waals surface area (Å²) >= 11 is 3.68. The molecule has 0 aromatic rings. The van der Waals surface area contributed by atoms with Crippen molar-refractivity contribution in [3.8, 4) is 0 Å². The highest BCUT2D eigenvalue weighted by molar-refractivity contribution is 9.09. The van der Waals surface area contributed by atoms with Crippen LogP contribution in [0.15, 0.2) is 0 Å². The Balaban J connectivity index is 1.80. The molecule has 1 aliphatic heterocycles. The molecule has 16 heavy (non-hydrogen) atoms. The lowest BCUT2D eigenvalue weighted by Gasteiger charge is -2.34. The van der Waals surface area contributed by atoms with E-state index in [1.54, 1.807) is 0 Å². The lowest BCUT2D eigenvalue weighted by Crippen LogP contribution is -2.44. The summed E-state index contributed by atoms with van der Waals surface area (Å²) in [5, 5.41) is 0. The van der Waals surface area contributed by atoms with Gasteiger partial charge in [0.1, 0.15) is 0 Å². The fraction of sp³-hybridized carbons (Fsp3) is 0.923. The third-order valence-corrected chi connectivity index (χ3v) is 5.35. The van der Waals surface area contributed by atoms with Crippen molar-refractivity contribution < 1.29 is 4.79 Å². The number of piperidine rings is 1. The minimum atomic E-state index is 0.392. The summed E-state index contributed by atoms with van der Waals surface area (Å²) in [6, 6.07) is 0. The van der Waals surface area contributed by atoms with Crippen molar-refractivity contribution in [1.82, 2.24) is 4.90 Å². The van der Waals surface area contributed by atoms with Crippen molar-refractivity contribution in [2.24, 2.45) is 11.8 Å². The molecule has 0 bridgehead atoms. The maximum absolute atomic E-state index is 12.1. The first-order chi connectivity index (χ1) is 7.66. The van der Waals surface area contributed by atoms with E-state index in [2.05, 4.69) is 27.8 Å². The molecule has 2 rings (SSSR count). The van der Waals surface area contributed by atoms with Gasteiger partial charge in [0.15, 0.2) is 0 Å². The molecule has 0 N–H and O–H groups in total. The van der Waals surface area contributed by atoms with Gasteiger partial charge in [0.25, 0.3) is 0 Å². The summed E-state index contributed by atoms with van der Waals surface area (Å²) < 4.78 is 0. The van der Waals surface area contributed by atoms with Crippen molar-refractivity contribution >= 4 is 21.8 Å². The van der Waals surface area contributed by atoms with E-state index >= 15 is 0 Å². The molecule has 0 spiro atoms. The van der Waals surface area contributed by atoms with Gasteiger partial charge in [0, 0.05) is 24.3 Å². The average molecular weight is 288 g/mol. The van der Waals surface area contributed by atoms with Crippen LogP contribution >= 0.6 is 15.9 Å². The Morgan fingerprint density at radius 3 is 2.62 bits per heavy atom. The fourth-order valence-electron chi connectivity index (χ4n) is 2.84. The van der Waals surface area contributed by atoms with Crippen LogP contribution in [0.2, 0.25) is 0 Å². The van der Waals surface area contributed by atoms with E-state index < -0.39 is 0 Å². The molecule has 0 aromatic heterocycles. The number of carbonyl (C=O) groups is 1. The molecular weight excluding hydrogens is 266 g/mol. The zero-order valence-electron chi connectivity index (χ0n) is 10.1. The molecule has 1 saturated carbocycles. The van der Waals surface area contributed by atoms with Gasteiger partial charge in [-0.3, -0.25) is 4.79 Å². The molecule has 2 unspecified atom stereocenters. The number of hydrogen-bond donors (Lipinski definition) is 0. The molecule has 0 aromatic carbocycles. The third kappa shape index (κ3) is 2.99. The Hall–Kier alpha value is -0.0500. The first-order valence-electron chi connectivity index (χ1n) is 6.58. The van der Waals surface area contributed by atoms with E-state index in [1.807, 2.05) is 0 Å². The summed E-state index contributed by atoms with van der Waals surface area (Å²) in [5.41, 5.74) is 0. The van der Waals surface area contributed by atoms with Crippen LogP contribution in [0.5, 0.6) is 0 Å². The molecule has 3 heteroatoms. The minimum absolute atomic E-state index is 0.392. The molecule has 2 aliphatic rings. The van der Waals surface area contributed by atoms with E-state index in [1.165, 1.54) is 25.7 Å². The van der Waals surface area contributed by atoms with Crippen LogP contribution in [0.25, 0.3) is 0 Å². The van der Waals surface area contributed by atoms with E-state index in [9.17, 15) is 4.79 Å². The summed E-state index contributed by atoms with van der Waals surface area (Å²) in [6.45, 7) is 4.14. The van der Waals surface area contributed by atoms with Crippen molar-refractivity contribution in [1.29, 1.82) is 0 Å². The Kier molecular flexibility index (Phi) is 4.28. The van der Waals surface area contributed by atoms with Crippen LogP contribution in [-0.2, 0) is 4.79 Å². The first kappa shape index (κ1) is 12.4. The number of nitrogens with zero attached hydrogens (tertiary/aromatic N) is 1. The number of amides is 1. The lowest BCUT2D eigenvalue weighted by molar-refractivity contribution is -0.133. The van der Waals surface area contributed by atoms with Crippen LogP contribution in [0, 0.1) is 11.8 Å². The molecule has 1 aliphatic carbocycles. The van der Waals surface area contributed by atoms with Crippen LogP contribution in [0.3, 0.4) is 0 Å². The first-order valence-corrected chi connectivity index (χ1v) is 7.50. The summed E-state index contributed by atoms with van der Waals surface area (Å²) in [6.07, 6.45) is 7.15. The highest BCUT2D eigenvalue weighted by atomic mass is 79.9. The van der Waals surface area contributed by atoms with Gasteiger partial charge < -0.3 is 4.90 Å². The number of carbonyl (C=O) groups excluding carboxylic acids is 1. The zero-order valence-corrected chi connectivity index (χ0v) is 11.7. The van der Waals surface area contributed by atoms with Gasteiger partial charge in [0.2, 0.25) is 5.91 Å². The van der Waals surface area contributed by atoms with Gasteiger partial charge >= 0.3 is 0 Å². The zero-order chi connectivity index (χ0) is 11.5. The van der Waals surface area contributed by atoms with Crippen molar-refractivity contribution in [2.75, 3.05) is 13.1 Å². The van der Waals surface area contributed by atoms with Crippen molar-refractivity contribution in [3.05, 3.63) is 0 Å². The summed E-state index contributed by atoms with van der Waals surface area (Å²) in [4.78, 5) is 14.7. The Morgan fingerprint density at radius 2 is 2.00 bits per heavy atom. The Labute approximate surface area is 107 Å². The topological polar surface area (TPSA) is 20.3 Å². The van der Waals surface area contributed by atoms with Gasteiger partial charge in [-0.05, 0) is 31.1 Å². The maximum Gasteiger partial charge on any atom is 0.222 e. The second-order valence-electron chi connectivity index (χ2n) is 5.48. The predicted octanol–water partition coefficient (Wildman–Crippen LogP) is 3.20. The lowest BCUT2D eigenvalue weighted by atomic mass is 9.97. The van der Waals surface area contributed by atoms with Crippen LogP contribution in [-0.4, -0.2) is 28.7 Å². The van der Waals surface area contributed by atoms with Crippen LogP contribution < -0.4 is 0 Å². The van der Waals surface area contributed by atoms with E-state index in [-0.39, 0.29) is 0 Å². The Morgan fingerprint density at radius 1 is 1.31 bits per heavy atom. The van der Waals surface area contributed by atoms with Gasteiger partial charge in [0.05, 0.1) is 0 Å². The third-order valence-electron chi connectivity index (χ3n) is 4.16. The molecule has 0 radical (unpaired) electrons. The highest BCUT2D eigenvalue weighted by Crippen LogP contribution is 2.29. The van der Waals surface area contributed by atoms with Gasteiger partial charge in [-0.2, -0.15) is 0 Å². The Bertz CT molecular complexity index is 250. The van der Waals surface area contributed by atoms with Crippen molar-refractivity contribution in [3.63, 3.8) is 0 Å². The SMILES string of the molecule is CC1CCN(C(=O)CC2CCCC2)CC1Br. The average Bonchev–Trinajstić information content (AvgIpc) is 2.74. The highest BCUT2D eigenvalue weighted by Gasteiger charge is 2.28. The van der Waals surface area contributed by atoms with Gasteiger partial charge in [-0.1, -0.05) is 35.7 Å². The summed E-state index contributed by atoms with van der Waals surface area (Å²) in [5.74, 6) is 1.78. The monoisotopic (exact) mass is 287 g/mol. The second-order valence-corrected chi connectivity index (χ2v) is 6.65. The molecule has 92 valence electrons. The van der Waals surface area contributed by atoms with Crippen LogP contribution in [0.4, 0.5) is 0 Å². The van der Waals surface area contributed by atoms with Crippen LogP contribution in [0.1, 0.15) is 45.4 Å². The predicted molar refractivity (Wildman–Crippen MR) is 69.7 cm³/mol. The van der Waals surface area contributed by atoms with Gasteiger partial charge in [-0.15, -0.1) is 0 Å². The molecule has 2 nitrogen and oxygen atoms in total. The molecular formula is C13H22BrNO. The van der Waals surface area contributed by atoms with E-state index in [0.717, 1.165) is 25.9 Å². The maximum atomic E-state index is 12.1. The standard InChI is InChI=1S/C13H22BrNO/c1-10-6-7-15(9-12(10)14)13(16)8-11-4-2-3-5-11/h10-12H,2-9H2,1H3. The number of alkyl halides is 1. The fourth-order valence-corrected chi connectivity index (χ4v) is 3.45. The number of rotatable bonds is 2. The quantitative estimate of drug-likeness (QED) is 0.715. The smallest absolute Gasteiger partial charge is 0.222 e. The van der Waals surface area contributed by atoms with E-state index in [4.69, 9.17) is 0 Å². The number of halogens is 1.